The molecule has 18 heavy (non-hydrogen) atoms. The number of carbonyl (C=O) groups is 1. The molecule has 0 aliphatic heterocycles. The Labute approximate surface area is 110 Å². The van der Waals surface area contributed by atoms with Crippen molar-refractivity contribution in [3.8, 4) is 0 Å². The summed E-state index contributed by atoms with van der Waals surface area (Å²) in [5, 5.41) is 0. The number of hydrogen-bond donors (Lipinski definition) is 0. The quantitative estimate of drug-likeness (QED) is 0.696. The lowest BCUT2D eigenvalue weighted by atomic mass is 10.0. The van der Waals surface area contributed by atoms with E-state index in [0.29, 0.717) is 19.4 Å². The van der Waals surface area contributed by atoms with Crippen molar-refractivity contribution in [1.82, 2.24) is 0 Å². The lowest BCUT2D eigenvalue weighted by Crippen LogP contribution is -2.06. The van der Waals surface area contributed by atoms with Crippen molar-refractivity contribution in [3.63, 3.8) is 0 Å². The second-order valence-corrected chi connectivity index (χ2v) is 4.68. The molecule has 0 atom stereocenters. The van der Waals surface area contributed by atoms with E-state index < -0.39 is 0 Å². The second kappa shape index (κ2) is 7.10. The third-order valence-electron chi connectivity index (χ3n) is 3.31. The molecule has 1 aromatic carbocycles. The average molecular weight is 245 g/mol. The minimum absolute atomic E-state index is 0.275. The highest BCUT2D eigenvalue weighted by atomic mass is 16.1. The van der Waals surface area contributed by atoms with Gasteiger partial charge in [0.2, 0.25) is 0 Å². The molecule has 0 aliphatic rings. The minimum atomic E-state index is 0.275. The van der Waals surface area contributed by atoms with Gasteiger partial charge in [-0.25, -0.2) is 0 Å². The Morgan fingerprint density at radius 3 is 2.22 bits per heavy atom. The summed E-state index contributed by atoms with van der Waals surface area (Å²) in [6.07, 6.45) is 1.97. The van der Waals surface area contributed by atoms with Gasteiger partial charge in [-0.05, 0) is 37.0 Å². The maximum absolute atomic E-state index is 11.4. The summed E-state index contributed by atoms with van der Waals surface area (Å²) in [5.74, 6) is 0.275. The molecule has 2 heteroatoms. The number of benzene rings is 1. The molecule has 0 saturated heterocycles. The van der Waals surface area contributed by atoms with E-state index in [1.54, 1.807) is 0 Å². The van der Waals surface area contributed by atoms with Crippen LogP contribution in [0.1, 0.15) is 49.8 Å². The number of rotatable bonds is 6. The lowest BCUT2D eigenvalue weighted by molar-refractivity contribution is -0.117. The van der Waals surface area contributed by atoms with Crippen molar-refractivity contribution in [2.75, 3.05) is 0 Å². The van der Waals surface area contributed by atoms with Gasteiger partial charge in [0.05, 0.1) is 6.54 Å². The first-order valence-electron chi connectivity index (χ1n) is 6.67. The molecule has 1 rings (SSSR count). The maximum atomic E-state index is 11.4. The van der Waals surface area contributed by atoms with Crippen LogP contribution in [0.25, 0.3) is 0 Å². The van der Waals surface area contributed by atoms with Crippen LogP contribution in [0.15, 0.2) is 23.2 Å². The van der Waals surface area contributed by atoms with Crippen LogP contribution in [0.5, 0.6) is 0 Å². The monoisotopic (exact) mass is 245 g/mol. The van der Waals surface area contributed by atoms with E-state index in [1.165, 1.54) is 16.7 Å². The average Bonchev–Trinajstić information content (AvgIpc) is 2.36. The number of ketones is 1. The molecule has 0 radical (unpaired) electrons. The number of hydrogen-bond acceptors (Lipinski definition) is 2. The predicted octanol–water partition coefficient (Wildman–Crippen LogP) is 4.02. The number of Topliss-reactive ketones (excluding diaryl/α,β-unsaturated/α-hetero) is 1. The van der Waals surface area contributed by atoms with E-state index in [2.05, 4.69) is 44.0 Å². The summed E-state index contributed by atoms with van der Waals surface area (Å²) in [5.41, 5.74) is 4.85. The summed E-state index contributed by atoms with van der Waals surface area (Å²) >= 11 is 0. The van der Waals surface area contributed by atoms with E-state index in [-0.39, 0.29) is 5.78 Å². The molecular weight excluding hydrogens is 222 g/mol. The van der Waals surface area contributed by atoms with Gasteiger partial charge in [-0.15, -0.1) is 0 Å². The van der Waals surface area contributed by atoms with Crippen LogP contribution in [0.4, 0.5) is 0 Å². The molecule has 0 bridgehead atoms. The van der Waals surface area contributed by atoms with E-state index >= 15 is 0 Å². The zero-order valence-corrected chi connectivity index (χ0v) is 11.9. The van der Waals surface area contributed by atoms with Gasteiger partial charge >= 0.3 is 0 Å². The Bertz CT molecular complexity index is 426. The fourth-order valence-corrected chi connectivity index (χ4v) is 1.93. The molecule has 0 aromatic heterocycles. The highest BCUT2D eigenvalue weighted by Gasteiger charge is 2.05. The SMILES string of the molecule is CCC(=O)CC(CC)=NCc1c(C)cccc1C. The molecule has 0 N–H and O–H groups in total. The van der Waals surface area contributed by atoms with Gasteiger partial charge < -0.3 is 0 Å². The number of aliphatic imine (C=N–C) groups is 1. The molecule has 2 nitrogen and oxygen atoms in total. The van der Waals surface area contributed by atoms with Crippen molar-refractivity contribution in [2.24, 2.45) is 4.99 Å². The smallest absolute Gasteiger partial charge is 0.138 e. The number of nitrogens with zero attached hydrogens (tertiary/aromatic N) is 1. The fraction of sp³-hybridized carbons (Fsp3) is 0.500. The summed E-state index contributed by atoms with van der Waals surface area (Å²) in [7, 11) is 0. The Hall–Kier alpha value is -1.44. The van der Waals surface area contributed by atoms with E-state index in [0.717, 1.165) is 12.1 Å². The molecule has 1 aromatic rings. The fourth-order valence-electron chi connectivity index (χ4n) is 1.93. The predicted molar refractivity (Wildman–Crippen MR) is 77.3 cm³/mol. The van der Waals surface area contributed by atoms with Crippen LogP contribution < -0.4 is 0 Å². The standard InChI is InChI=1S/C16H23NO/c1-5-14(10-15(18)6-2)17-11-16-12(3)8-7-9-13(16)4/h7-9H,5-6,10-11H2,1-4H3. The highest BCUT2D eigenvalue weighted by molar-refractivity contribution is 6.01. The van der Waals surface area contributed by atoms with Crippen LogP contribution in [0, 0.1) is 13.8 Å². The summed E-state index contributed by atoms with van der Waals surface area (Å²) in [6.45, 7) is 8.88. The zero-order valence-electron chi connectivity index (χ0n) is 11.9. The van der Waals surface area contributed by atoms with Crippen LogP contribution >= 0.6 is 0 Å². The molecule has 0 spiro atoms. The van der Waals surface area contributed by atoms with E-state index in [9.17, 15) is 4.79 Å². The molecule has 0 heterocycles. The third-order valence-corrected chi connectivity index (χ3v) is 3.31. The van der Waals surface area contributed by atoms with E-state index in [4.69, 9.17) is 0 Å². The van der Waals surface area contributed by atoms with Crippen molar-refractivity contribution < 1.29 is 4.79 Å². The number of carbonyl (C=O) groups excluding carboxylic acids is 1. The zero-order chi connectivity index (χ0) is 13.5. The second-order valence-electron chi connectivity index (χ2n) is 4.68. The molecule has 0 unspecified atom stereocenters. The van der Waals surface area contributed by atoms with Gasteiger partial charge in [-0.1, -0.05) is 32.0 Å². The van der Waals surface area contributed by atoms with Gasteiger partial charge in [0, 0.05) is 18.6 Å². The Morgan fingerprint density at radius 1 is 1.11 bits per heavy atom. The van der Waals surface area contributed by atoms with Crippen LogP contribution in [0.2, 0.25) is 0 Å². The van der Waals surface area contributed by atoms with Gasteiger partial charge in [0.25, 0.3) is 0 Å². The molecule has 0 fully saturated rings. The van der Waals surface area contributed by atoms with Crippen LogP contribution in [-0.2, 0) is 11.3 Å². The van der Waals surface area contributed by atoms with Crippen LogP contribution in [0.3, 0.4) is 0 Å². The van der Waals surface area contributed by atoms with Gasteiger partial charge in [0.1, 0.15) is 5.78 Å². The van der Waals surface area contributed by atoms with Crippen molar-refractivity contribution in [1.29, 1.82) is 0 Å². The summed E-state index contributed by atoms with van der Waals surface area (Å²) in [4.78, 5) is 16.1. The minimum Gasteiger partial charge on any atom is -0.299 e. The molecule has 0 amide bonds. The van der Waals surface area contributed by atoms with Crippen molar-refractivity contribution in [3.05, 3.63) is 34.9 Å². The van der Waals surface area contributed by atoms with Gasteiger partial charge in [-0.2, -0.15) is 0 Å². The summed E-state index contributed by atoms with van der Waals surface area (Å²) < 4.78 is 0. The third kappa shape index (κ3) is 4.10. The summed E-state index contributed by atoms with van der Waals surface area (Å²) in [6, 6.07) is 6.29. The molecule has 98 valence electrons. The first-order valence-corrected chi connectivity index (χ1v) is 6.67. The molecular formula is C16H23NO. The molecule has 0 saturated carbocycles. The van der Waals surface area contributed by atoms with Crippen molar-refractivity contribution >= 4 is 11.5 Å². The van der Waals surface area contributed by atoms with E-state index in [1.807, 2.05) is 6.92 Å². The molecule has 0 aliphatic carbocycles. The van der Waals surface area contributed by atoms with Crippen molar-refractivity contribution in [2.45, 2.75) is 53.5 Å². The lowest BCUT2D eigenvalue weighted by Gasteiger charge is -2.08. The Balaban J connectivity index is 2.80. The Morgan fingerprint density at radius 2 is 1.72 bits per heavy atom. The maximum Gasteiger partial charge on any atom is 0.138 e. The van der Waals surface area contributed by atoms with Gasteiger partial charge in [0.15, 0.2) is 0 Å². The number of aryl methyl sites for hydroxylation is 2. The van der Waals surface area contributed by atoms with Crippen LogP contribution in [-0.4, -0.2) is 11.5 Å². The largest absolute Gasteiger partial charge is 0.299 e. The first-order chi connectivity index (χ1) is 8.58. The highest BCUT2D eigenvalue weighted by Crippen LogP contribution is 2.15. The van der Waals surface area contributed by atoms with Gasteiger partial charge in [-0.3, -0.25) is 9.79 Å². The first kappa shape index (κ1) is 14.6. The topological polar surface area (TPSA) is 29.4 Å². The Kier molecular flexibility index (Phi) is 5.76. The normalized spacial score (nSPS) is 11.7.